The molecule has 3 heteroatoms. The number of rotatable bonds is 8. The van der Waals surface area contributed by atoms with Crippen molar-refractivity contribution in [1.82, 2.24) is 9.80 Å². The van der Waals surface area contributed by atoms with Crippen molar-refractivity contribution in [3.8, 4) is 0 Å². The van der Waals surface area contributed by atoms with E-state index in [1.54, 1.807) is 0 Å². The summed E-state index contributed by atoms with van der Waals surface area (Å²) < 4.78 is 0. The second kappa shape index (κ2) is 10.7. The number of aliphatic hydroxyl groups is 1. The van der Waals surface area contributed by atoms with Gasteiger partial charge in [0.05, 0.1) is 6.10 Å². The molecule has 1 aliphatic rings. The van der Waals surface area contributed by atoms with Crippen LogP contribution in [-0.2, 0) is 13.1 Å². The number of aliphatic hydroxyl groups excluding tert-OH is 1. The summed E-state index contributed by atoms with van der Waals surface area (Å²) in [5, 5.41) is 11.3. The molecule has 0 bridgehead atoms. The van der Waals surface area contributed by atoms with E-state index in [9.17, 15) is 5.11 Å². The standard InChI is InChI=1S/C28H34N2O/c1-2-26(25-16-10-5-11-17-25)29-19-18-27(28(31)22-29)30(20-23-12-6-3-7-13-23)21-24-14-8-4-9-15-24/h3-17,26-28,31H,2,18-22H2,1H3/t26?,27-,28-/m1/s1. The van der Waals surface area contributed by atoms with Crippen molar-refractivity contribution in [3.63, 3.8) is 0 Å². The molecule has 31 heavy (non-hydrogen) atoms. The molecule has 1 saturated heterocycles. The van der Waals surface area contributed by atoms with E-state index in [0.717, 1.165) is 39.0 Å². The summed E-state index contributed by atoms with van der Waals surface area (Å²) in [6, 6.07) is 32.5. The van der Waals surface area contributed by atoms with Crippen LogP contribution in [0.1, 0.15) is 42.5 Å². The number of nitrogens with zero attached hydrogens (tertiary/aromatic N) is 2. The molecular formula is C28H34N2O. The van der Waals surface area contributed by atoms with Crippen LogP contribution in [0, 0.1) is 0 Å². The molecule has 162 valence electrons. The highest BCUT2D eigenvalue weighted by Crippen LogP contribution is 2.30. The minimum atomic E-state index is -0.362. The van der Waals surface area contributed by atoms with Crippen LogP contribution in [0.3, 0.4) is 0 Å². The fourth-order valence-corrected chi connectivity index (χ4v) is 4.96. The summed E-state index contributed by atoms with van der Waals surface area (Å²) in [6.45, 7) is 5.68. The molecule has 0 amide bonds. The maximum Gasteiger partial charge on any atom is 0.0822 e. The summed E-state index contributed by atoms with van der Waals surface area (Å²) >= 11 is 0. The Morgan fingerprint density at radius 3 is 1.84 bits per heavy atom. The van der Waals surface area contributed by atoms with Gasteiger partial charge in [0.1, 0.15) is 0 Å². The molecule has 3 aromatic carbocycles. The van der Waals surface area contributed by atoms with E-state index < -0.39 is 0 Å². The maximum absolute atomic E-state index is 11.3. The first-order chi connectivity index (χ1) is 15.2. The Hall–Kier alpha value is -2.46. The number of likely N-dealkylation sites (tertiary alicyclic amines) is 1. The monoisotopic (exact) mass is 414 g/mol. The number of piperidine rings is 1. The lowest BCUT2D eigenvalue weighted by Crippen LogP contribution is -2.54. The van der Waals surface area contributed by atoms with Crippen LogP contribution in [0.4, 0.5) is 0 Å². The number of β-amino-alcohol motifs (C(OH)–C–C–N with tert-alkyl or cyclic N) is 1. The van der Waals surface area contributed by atoms with Crippen LogP contribution in [0.15, 0.2) is 91.0 Å². The molecule has 0 aliphatic carbocycles. The van der Waals surface area contributed by atoms with Crippen LogP contribution >= 0.6 is 0 Å². The van der Waals surface area contributed by atoms with Gasteiger partial charge in [-0.1, -0.05) is 97.9 Å². The SMILES string of the molecule is CCC(c1ccccc1)N1CC[C@@H](N(Cc2ccccc2)Cc2ccccc2)[C@H](O)C1. The summed E-state index contributed by atoms with van der Waals surface area (Å²) in [4.78, 5) is 4.94. The van der Waals surface area contributed by atoms with Crippen LogP contribution in [0.25, 0.3) is 0 Å². The summed E-state index contributed by atoms with van der Waals surface area (Å²) in [5.41, 5.74) is 3.94. The smallest absolute Gasteiger partial charge is 0.0822 e. The van der Waals surface area contributed by atoms with Gasteiger partial charge in [-0.25, -0.2) is 0 Å². The van der Waals surface area contributed by atoms with E-state index >= 15 is 0 Å². The molecule has 3 nitrogen and oxygen atoms in total. The summed E-state index contributed by atoms with van der Waals surface area (Å²) in [7, 11) is 0. The molecule has 1 aliphatic heterocycles. The Kier molecular flexibility index (Phi) is 7.52. The zero-order valence-electron chi connectivity index (χ0n) is 18.5. The number of benzene rings is 3. The molecule has 0 aromatic heterocycles. The number of hydrogen-bond donors (Lipinski definition) is 1. The van der Waals surface area contributed by atoms with Crippen molar-refractivity contribution in [2.75, 3.05) is 13.1 Å². The molecule has 0 radical (unpaired) electrons. The Balaban J connectivity index is 1.49. The fourth-order valence-electron chi connectivity index (χ4n) is 4.96. The maximum atomic E-state index is 11.3. The van der Waals surface area contributed by atoms with Gasteiger partial charge in [-0.3, -0.25) is 9.80 Å². The molecule has 1 N–H and O–H groups in total. The molecule has 1 heterocycles. The zero-order valence-corrected chi connectivity index (χ0v) is 18.5. The molecule has 3 aromatic rings. The minimum Gasteiger partial charge on any atom is -0.390 e. The average molecular weight is 415 g/mol. The van der Waals surface area contributed by atoms with E-state index in [-0.39, 0.29) is 12.1 Å². The molecule has 1 unspecified atom stereocenters. The predicted molar refractivity (Wildman–Crippen MR) is 128 cm³/mol. The first-order valence-electron chi connectivity index (χ1n) is 11.5. The first-order valence-corrected chi connectivity index (χ1v) is 11.5. The average Bonchev–Trinajstić information content (AvgIpc) is 2.81. The van der Waals surface area contributed by atoms with Crippen molar-refractivity contribution in [3.05, 3.63) is 108 Å². The van der Waals surface area contributed by atoms with Gasteiger partial charge >= 0.3 is 0 Å². The lowest BCUT2D eigenvalue weighted by molar-refractivity contribution is -0.0327. The van der Waals surface area contributed by atoms with E-state index in [0.29, 0.717) is 6.04 Å². The summed E-state index contributed by atoms with van der Waals surface area (Å²) in [5.74, 6) is 0. The quantitative estimate of drug-likeness (QED) is 0.544. The van der Waals surface area contributed by atoms with E-state index in [1.807, 2.05) is 0 Å². The topological polar surface area (TPSA) is 26.7 Å². The number of hydrogen-bond acceptors (Lipinski definition) is 3. The third-order valence-corrected chi connectivity index (χ3v) is 6.52. The molecule has 4 rings (SSSR count). The molecule has 0 saturated carbocycles. The van der Waals surface area contributed by atoms with Crippen molar-refractivity contribution >= 4 is 0 Å². The van der Waals surface area contributed by atoms with Gasteiger partial charge in [0, 0.05) is 38.3 Å². The van der Waals surface area contributed by atoms with Gasteiger partial charge in [0.2, 0.25) is 0 Å². The van der Waals surface area contributed by atoms with Gasteiger partial charge in [-0.2, -0.15) is 0 Å². The van der Waals surface area contributed by atoms with Crippen LogP contribution in [0.2, 0.25) is 0 Å². The highest BCUT2D eigenvalue weighted by atomic mass is 16.3. The van der Waals surface area contributed by atoms with Crippen LogP contribution in [-0.4, -0.2) is 40.1 Å². The van der Waals surface area contributed by atoms with Gasteiger partial charge in [-0.05, 0) is 29.5 Å². The fraction of sp³-hybridized carbons (Fsp3) is 0.357. The largest absolute Gasteiger partial charge is 0.390 e. The molecule has 3 atom stereocenters. The van der Waals surface area contributed by atoms with Gasteiger partial charge in [-0.15, -0.1) is 0 Å². The highest BCUT2D eigenvalue weighted by molar-refractivity contribution is 5.20. The van der Waals surface area contributed by atoms with Crippen molar-refractivity contribution in [2.24, 2.45) is 0 Å². The summed E-state index contributed by atoms with van der Waals surface area (Å²) in [6.07, 6.45) is 1.67. The molecule has 1 fully saturated rings. The Labute approximate surface area is 187 Å². The van der Waals surface area contributed by atoms with Gasteiger partial charge in [0.25, 0.3) is 0 Å². The second-order valence-electron chi connectivity index (χ2n) is 8.63. The van der Waals surface area contributed by atoms with Crippen molar-refractivity contribution in [2.45, 2.75) is 51.0 Å². The van der Waals surface area contributed by atoms with Crippen molar-refractivity contribution in [1.29, 1.82) is 0 Å². The van der Waals surface area contributed by atoms with Gasteiger partial charge < -0.3 is 5.11 Å². The third-order valence-electron chi connectivity index (χ3n) is 6.52. The lowest BCUT2D eigenvalue weighted by atomic mass is 9.94. The predicted octanol–water partition coefficient (Wildman–Crippen LogP) is 5.28. The zero-order chi connectivity index (χ0) is 21.5. The van der Waals surface area contributed by atoms with Crippen LogP contribution in [0.5, 0.6) is 0 Å². The van der Waals surface area contributed by atoms with Gasteiger partial charge in [0.15, 0.2) is 0 Å². The second-order valence-corrected chi connectivity index (χ2v) is 8.63. The van der Waals surface area contributed by atoms with Crippen molar-refractivity contribution < 1.29 is 5.11 Å². The third kappa shape index (κ3) is 5.62. The van der Waals surface area contributed by atoms with Crippen LogP contribution < -0.4 is 0 Å². The van der Waals surface area contributed by atoms with E-state index in [2.05, 4.69) is 108 Å². The highest BCUT2D eigenvalue weighted by Gasteiger charge is 2.34. The first kappa shape index (κ1) is 21.8. The lowest BCUT2D eigenvalue weighted by Gasteiger charge is -2.44. The Morgan fingerprint density at radius 1 is 0.839 bits per heavy atom. The Morgan fingerprint density at radius 2 is 1.35 bits per heavy atom. The molecule has 0 spiro atoms. The van der Waals surface area contributed by atoms with E-state index in [4.69, 9.17) is 0 Å². The normalized spacial score (nSPS) is 20.6. The minimum absolute atomic E-state index is 0.157. The Bertz CT molecular complexity index is 859. The molecular weight excluding hydrogens is 380 g/mol. The van der Waals surface area contributed by atoms with E-state index in [1.165, 1.54) is 16.7 Å².